The van der Waals surface area contributed by atoms with Crippen LogP contribution in [0.5, 0.6) is 0 Å². The van der Waals surface area contributed by atoms with Crippen molar-refractivity contribution >= 4 is 11.0 Å². The first-order valence-corrected chi connectivity index (χ1v) is 19.8. The molecule has 1 atom stereocenters. The summed E-state index contributed by atoms with van der Waals surface area (Å²) < 4.78 is 57.2. The third-order valence-electron chi connectivity index (χ3n) is 7.15. The summed E-state index contributed by atoms with van der Waals surface area (Å²) in [6.45, 7) is 13.6. The van der Waals surface area contributed by atoms with Crippen LogP contribution in [-0.4, -0.2) is 5.43 Å². The van der Waals surface area contributed by atoms with Crippen LogP contribution in [0, 0.1) is 23.3 Å². The van der Waals surface area contributed by atoms with E-state index in [0.29, 0.717) is 9.20 Å². The Labute approximate surface area is 195 Å². The first-order chi connectivity index (χ1) is 15.1. The average Bonchev–Trinajstić information content (AvgIpc) is 3.22. The molecule has 0 fully saturated rings. The number of rotatable bonds is 3. The number of halogens is 4. The van der Waals surface area contributed by atoms with E-state index < -0.39 is 49.1 Å². The Morgan fingerprint density at radius 2 is 1.38 bits per heavy atom. The molecular weight excluding hydrogens is 508 g/mol. The zero-order valence-electron chi connectivity index (χ0n) is 19.1. The van der Waals surface area contributed by atoms with E-state index in [1.807, 2.05) is 24.3 Å². The van der Waals surface area contributed by atoms with Crippen LogP contribution in [0.15, 0.2) is 58.7 Å². The molecule has 0 aromatic heterocycles. The van der Waals surface area contributed by atoms with Gasteiger partial charge in [0.1, 0.15) is 0 Å². The van der Waals surface area contributed by atoms with Crippen LogP contribution < -0.4 is 0 Å². The number of hydrogen-bond donors (Lipinski definition) is 0. The molecule has 0 saturated heterocycles. The van der Waals surface area contributed by atoms with Crippen LogP contribution in [0.4, 0.5) is 17.6 Å². The molecule has 2 aromatic carbocycles. The molecular formula is C26H26F4SiZr. The van der Waals surface area contributed by atoms with Crippen molar-refractivity contribution in [2.45, 2.75) is 48.0 Å². The van der Waals surface area contributed by atoms with E-state index in [9.17, 15) is 17.6 Å². The average molecular weight is 534 g/mol. The topological polar surface area (TPSA) is 0 Å². The molecule has 1 unspecified atom stereocenters. The third-order valence-corrected chi connectivity index (χ3v) is 26.8. The predicted octanol–water partition coefficient (Wildman–Crippen LogP) is 8.07. The van der Waals surface area contributed by atoms with E-state index >= 15 is 0 Å². The third kappa shape index (κ3) is 3.58. The monoisotopic (exact) mass is 532 g/mol. The van der Waals surface area contributed by atoms with Gasteiger partial charge in [0.05, 0.1) is 0 Å². The normalized spacial score (nSPS) is 18.4. The molecule has 0 heterocycles. The van der Waals surface area contributed by atoms with Gasteiger partial charge in [-0.05, 0) is 0 Å². The Morgan fingerprint density at radius 1 is 0.781 bits per heavy atom. The zero-order valence-corrected chi connectivity index (χ0v) is 22.6. The first-order valence-electron chi connectivity index (χ1n) is 10.7. The molecule has 0 N–H and O–H groups in total. The molecule has 0 amide bonds. The summed E-state index contributed by atoms with van der Waals surface area (Å²) in [7, 11) is 0. The fourth-order valence-corrected chi connectivity index (χ4v) is 25.8. The Kier molecular flexibility index (Phi) is 6.41. The Bertz CT molecular complexity index is 1250. The van der Waals surface area contributed by atoms with Gasteiger partial charge in [-0.15, -0.1) is 0 Å². The molecule has 0 saturated carbocycles. The molecule has 0 aliphatic heterocycles. The quantitative estimate of drug-likeness (QED) is 0.162. The van der Waals surface area contributed by atoms with E-state index in [2.05, 4.69) is 46.9 Å². The van der Waals surface area contributed by atoms with Gasteiger partial charge in [0.15, 0.2) is 0 Å². The van der Waals surface area contributed by atoms with Crippen molar-refractivity contribution in [3.8, 4) is 0 Å². The van der Waals surface area contributed by atoms with Crippen LogP contribution >= 0.6 is 0 Å². The summed E-state index contributed by atoms with van der Waals surface area (Å²) in [6.07, 6.45) is 2.04. The van der Waals surface area contributed by atoms with Crippen LogP contribution in [0.25, 0.3) is 5.57 Å². The minimum atomic E-state index is -2.28. The minimum absolute atomic E-state index is 0.177. The van der Waals surface area contributed by atoms with Crippen molar-refractivity contribution in [3.05, 3.63) is 98.7 Å². The van der Waals surface area contributed by atoms with Crippen LogP contribution in [0.2, 0.25) is 16.7 Å². The zero-order chi connectivity index (χ0) is 23.5. The van der Waals surface area contributed by atoms with Crippen molar-refractivity contribution in [1.29, 1.82) is 0 Å². The van der Waals surface area contributed by atoms with Gasteiger partial charge in [-0.25, -0.2) is 0 Å². The van der Waals surface area contributed by atoms with Crippen LogP contribution in [0.3, 0.4) is 0 Å². The Balaban J connectivity index is 1.95. The van der Waals surface area contributed by atoms with Gasteiger partial charge in [0.2, 0.25) is 0 Å². The van der Waals surface area contributed by atoms with Gasteiger partial charge in [-0.2, -0.15) is 0 Å². The molecule has 2 aliphatic rings. The Hall–Kier alpha value is -1.52. The SMILES string of the molecule is CC1=C(C)[CH]([Zr]([CH]2C=C(c3cc(F)c(F)c(F)c3F)c3ccccc32)=[Si](C)C)C(C)=C1C. The molecule has 166 valence electrons. The van der Waals surface area contributed by atoms with Crippen molar-refractivity contribution < 1.29 is 37.9 Å². The van der Waals surface area contributed by atoms with Crippen molar-refractivity contribution in [2.75, 3.05) is 0 Å². The summed E-state index contributed by atoms with van der Waals surface area (Å²) in [5.41, 5.74) is 7.21. The number of allylic oxidation sites excluding steroid dienone is 5. The summed E-state index contributed by atoms with van der Waals surface area (Å²) in [6, 6.07) is 8.58. The van der Waals surface area contributed by atoms with E-state index in [0.717, 1.165) is 17.2 Å². The van der Waals surface area contributed by atoms with Gasteiger partial charge < -0.3 is 0 Å². The second-order valence-electron chi connectivity index (χ2n) is 9.00. The Morgan fingerprint density at radius 3 is 1.97 bits per heavy atom. The summed E-state index contributed by atoms with van der Waals surface area (Å²) in [5, 5.41) is 0. The van der Waals surface area contributed by atoms with Crippen molar-refractivity contribution in [2.24, 2.45) is 0 Å². The second kappa shape index (κ2) is 8.68. The number of fused-ring (bicyclic) bond motifs is 1. The maximum atomic E-state index is 14.8. The molecule has 0 bridgehead atoms. The van der Waals surface area contributed by atoms with Crippen molar-refractivity contribution in [1.82, 2.24) is 0 Å². The van der Waals surface area contributed by atoms with Gasteiger partial charge >= 0.3 is 196 Å². The summed E-state index contributed by atoms with van der Waals surface area (Å²) in [5.74, 6) is -6.21. The molecule has 4 rings (SSSR count). The molecule has 6 heteroatoms. The molecule has 0 nitrogen and oxygen atoms in total. The number of hydrogen-bond acceptors (Lipinski definition) is 0. The summed E-state index contributed by atoms with van der Waals surface area (Å²) >= 11 is -2.28. The van der Waals surface area contributed by atoms with Gasteiger partial charge in [0, 0.05) is 0 Å². The second-order valence-corrected chi connectivity index (χ2v) is 27.0. The van der Waals surface area contributed by atoms with E-state index in [-0.39, 0.29) is 9.19 Å². The van der Waals surface area contributed by atoms with Crippen LogP contribution in [0.1, 0.15) is 48.0 Å². The predicted molar refractivity (Wildman–Crippen MR) is 121 cm³/mol. The molecule has 32 heavy (non-hydrogen) atoms. The van der Waals surface area contributed by atoms with Gasteiger partial charge in [-0.3, -0.25) is 0 Å². The fraction of sp³-hybridized carbons (Fsp3) is 0.308. The first kappa shape index (κ1) is 23.6. The van der Waals surface area contributed by atoms with Crippen molar-refractivity contribution in [3.63, 3.8) is 0 Å². The molecule has 0 radical (unpaired) electrons. The van der Waals surface area contributed by atoms with E-state index in [4.69, 9.17) is 0 Å². The van der Waals surface area contributed by atoms with E-state index in [1.54, 1.807) is 0 Å². The van der Waals surface area contributed by atoms with E-state index in [1.165, 1.54) is 22.3 Å². The van der Waals surface area contributed by atoms with Gasteiger partial charge in [-0.1, -0.05) is 0 Å². The fourth-order valence-electron chi connectivity index (χ4n) is 5.22. The standard InChI is InChI=1S/C15H7F4.C9H13.C2H6Si.Zr/c16-12-7-11(13(17)15(19)14(12)18)10-6-5-8-3-1-2-4-9(8)10;1-6-5-7(2)9(4)8(6)3;1-3-2;/h1-7H;5H,1-4H3;1-2H3;. The van der Waals surface area contributed by atoms with Crippen LogP contribution in [-0.2, 0) is 20.4 Å². The molecule has 2 aromatic rings. The molecule has 2 aliphatic carbocycles. The van der Waals surface area contributed by atoms with Gasteiger partial charge in [0.25, 0.3) is 0 Å². The maximum absolute atomic E-state index is 14.8. The number of benzene rings is 2. The summed E-state index contributed by atoms with van der Waals surface area (Å²) in [4.78, 5) is 0. The molecule has 0 spiro atoms.